The minimum absolute atomic E-state index is 0.208. The van der Waals surface area contributed by atoms with E-state index in [1.165, 1.54) is 0 Å². The molecule has 1 atom stereocenters. The van der Waals surface area contributed by atoms with Crippen molar-refractivity contribution < 1.29 is 19.0 Å². The van der Waals surface area contributed by atoms with Crippen molar-refractivity contribution in [2.45, 2.75) is 13.0 Å². The highest BCUT2D eigenvalue weighted by molar-refractivity contribution is 6.37. The van der Waals surface area contributed by atoms with Gasteiger partial charge in [-0.05, 0) is 37.3 Å². The fourth-order valence-electron chi connectivity index (χ4n) is 2.30. The second kappa shape index (κ2) is 8.83. The van der Waals surface area contributed by atoms with Crippen LogP contribution in [0.15, 0.2) is 36.4 Å². The first-order chi connectivity index (χ1) is 12.0. The highest BCUT2D eigenvalue weighted by Gasteiger charge is 2.16. The molecular weight excluding hydrogens is 365 g/mol. The average molecular weight is 384 g/mol. The summed E-state index contributed by atoms with van der Waals surface area (Å²) in [5, 5.41) is 3.55. The number of hydrogen-bond acceptors (Lipinski definition) is 4. The molecule has 0 saturated heterocycles. The van der Waals surface area contributed by atoms with E-state index in [1.54, 1.807) is 44.6 Å². The molecule has 134 valence electrons. The summed E-state index contributed by atoms with van der Waals surface area (Å²) < 4.78 is 16.0. The summed E-state index contributed by atoms with van der Waals surface area (Å²) >= 11 is 12.0. The quantitative estimate of drug-likeness (QED) is 0.775. The Morgan fingerprint density at radius 2 is 1.80 bits per heavy atom. The zero-order chi connectivity index (χ0) is 18.4. The minimum atomic E-state index is -0.312. The molecule has 5 nitrogen and oxygen atoms in total. The third-order valence-corrected chi connectivity index (χ3v) is 4.14. The maximum absolute atomic E-state index is 12.2. The summed E-state index contributed by atoms with van der Waals surface area (Å²) in [5.41, 5.74) is 0.797. The average Bonchev–Trinajstić information content (AvgIpc) is 2.60. The Balaban J connectivity index is 2.03. The molecule has 0 heterocycles. The Morgan fingerprint density at radius 1 is 1.12 bits per heavy atom. The van der Waals surface area contributed by atoms with Gasteiger partial charge in [-0.1, -0.05) is 29.3 Å². The molecule has 7 heteroatoms. The largest absolute Gasteiger partial charge is 0.497 e. The molecule has 2 aromatic carbocycles. The third-order valence-electron chi connectivity index (χ3n) is 3.55. The molecule has 0 bridgehead atoms. The molecule has 0 saturated carbocycles. The van der Waals surface area contributed by atoms with Crippen LogP contribution in [0.2, 0.25) is 10.0 Å². The Morgan fingerprint density at radius 3 is 2.40 bits per heavy atom. The summed E-state index contributed by atoms with van der Waals surface area (Å²) in [6, 6.07) is 10.1. The van der Waals surface area contributed by atoms with E-state index in [4.69, 9.17) is 37.4 Å². The molecule has 2 rings (SSSR count). The van der Waals surface area contributed by atoms with Crippen LogP contribution in [-0.2, 0) is 4.79 Å². The number of carbonyl (C=O) groups excluding carboxylic acids is 1. The van der Waals surface area contributed by atoms with Crippen LogP contribution >= 0.6 is 23.2 Å². The maximum Gasteiger partial charge on any atom is 0.258 e. The topological polar surface area (TPSA) is 56.8 Å². The van der Waals surface area contributed by atoms with Gasteiger partial charge in [0.2, 0.25) is 0 Å². The summed E-state index contributed by atoms with van der Waals surface area (Å²) in [6.07, 6.45) is 0. The molecule has 0 radical (unpaired) electrons. The lowest BCUT2D eigenvalue weighted by Gasteiger charge is -2.18. The predicted molar refractivity (Wildman–Crippen MR) is 98.1 cm³/mol. The second-order valence-electron chi connectivity index (χ2n) is 5.24. The highest BCUT2D eigenvalue weighted by atomic mass is 35.5. The van der Waals surface area contributed by atoms with Gasteiger partial charge in [0.25, 0.3) is 5.91 Å². The molecule has 2 aromatic rings. The predicted octanol–water partition coefficient (Wildman–Crippen LogP) is 4.27. The van der Waals surface area contributed by atoms with E-state index in [0.717, 1.165) is 5.56 Å². The van der Waals surface area contributed by atoms with Gasteiger partial charge in [-0.3, -0.25) is 4.79 Å². The lowest BCUT2D eigenvalue weighted by atomic mass is 10.1. The van der Waals surface area contributed by atoms with Crippen LogP contribution < -0.4 is 19.5 Å². The summed E-state index contributed by atoms with van der Waals surface area (Å²) in [4.78, 5) is 12.2. The molecule has 0 spiro atoms. The van der Waals surface area contributed by atoms with Crippen molar-refractivity contribution in [3.8, 4) is 17.2 Å². The standard InChI is InChI=1S/C18H19Cl2NO4/c1-11(13-9-12(23-2)7-8-16(13)24-3)21-17(22)10-25-18-14(19)5-4-6-15(18)20/h4-9,11H,10H2,1-3H3,(H,21,22). The number of hydrogen-bond donors (Lipinski definition) is 1. The molecule has 0 fully saturated rings. The van der Waals surface area contributed by atoms with E-state index >= 15 is 0 Å². The van der Waals surface area contributed by atoms with E-state index in [0.29, 0.717) is 21.5 Å². The smallest absolute Gasteiger partial charge is 0.258 e. The Hall–Kier alpha value is -2.11. The third kappa shape index (κ3) is 4.94. The molecule has 1 N–H and O–H groups in total. The van der Waals surface area contributed by atoms with Crippen molar-refractivity contribution in [1.29, 1.82) is 0 Å². The van der Waals surface area contributed by atoms with Gasteiger partial charge >= 0.3 is 0 Å². The van der Waals surface area contributed by atoms with Crippen molar-refractivity contribution in [3.05, 3.63) is 52.0 Å². The number of amides is 1. The lowest BCUT2D eigenvalue weighted by Crippen LogP contribution is -2.31. The maximum atomic E-state index is 12.2. The van der Waals surface area contributed by atoms with Gasteiger partial charge in [-0.25, -0.2) is 0 Å². The Bertz CT molecular complexity index is 732. The molecule has 0 aliphatic rings. The molecule has 0 aliphatic heterocycles. The van der Waals surface area contributed by atoms with E-state index in [-0.39, 0.29) is 24.3 Å². The van der Waals surface area contributed by atoms with Gasteiger partial charge in [0.05, 0.1) is 30.3 Å². The van der Waals surface area contributed by atoms with E-state index in [9.17, 15) is 4.79 Å². The zero-order valence-corrected chi connectivity index (χ0v) is 15.6. The van der Waals surface area contributed by atoms with Gasteiger partial charge in [0, 0.05) is 5.56 Å². The Kier molecular flexibility index (Phi) is 6.79. The monoisotopic (exact) mass is 383 g/mol. The number of nitrogens with one attached hydrogen (secondary N) is 1. The van der Waals surface area contributed by atoms with Crippen molar-refractivity contribution in [2.75, 3.05) is 20.8 Å². The van der Waals surface area contributed by atoms with Crippen LogP contribution in [0.3, 0.4) is 0 Å². The van der Waals surface area contributed by atoms with E-state index in [2.05, 4.69) is 5.32 Å². The Labute approximate surface area is 156 Å². The lowest BCUT2D eigenvalue weighted by molar-refractivity contribution is -0.123. The highest BCUT2D eigenvalue weighted by Crippen LogP contribution is 2.32. The second-order valence-corrected chi connectivity index (χ2v) is 6.05. The molecule has 1 unspecified atom stereocenters. The molecular formula is C18H19Cl2NO4. The minimum Gasteiger partial charge on any atom is -0.497 e. The summed E-state index contributed by atoms with van der Waals surface area (Å²) in [6.45, 7) is 1.64. The number of methoxy groups -OCH3 is 2. The van der Waals surface area contributed by atoms with E-state index in [1.807, 2.05) is 13.0 Å². The SMILES string of the molecule is COc1ccc(OC)c(C(C)NC(=O)COc2c(Cl)cccc2Cl)c1. The van der Waals surface area contributed by atoms with Crippen LogP contribution in [-0.4, -0.2) is 26.7 Å². The van der Waals surface area contributed by atoms with Crippen LogP contribution in [0.4, 0.5) is 0 Å². The zero-order valence-electron chi connectivity index (χ0n) is 14.1. The van der Waals surface area contributed by atoms with Crippen molar-refractivity contribution >= 4 is 29.1 Å². The van der Waals surface area contributed by atoms with Gasteiger partial charge in [-0.2, -0.15) is 0 Å². The number of rotatable bonds is 7. The van der Waals surface area contributed by atoms with Crippen LogP contribution in [0.5, 0.6) is 17.2 Å². The molecule has 0 aliphatic carbocycles. The summed E-state index contributed by atoms with van der Waals surface area (Å²) in [7, 11) is 3.15. The first-order valence-electron chi connectivity index (χ1n) is 7.54. The number of benzene rings is 2. The van der Waals surface area contributed by atoms with Crippen LogP contribution in [0.25, 0.3) is 0 Å². The van der Waals surface area contributed by atoms with Gasteiger partial charge < -0.3 is 19.5 Å². The van der Waals surface area contributed by atoms with Crippen LogP contribution in [0.1, 0.15) is 18.5 Å². The fourth-order valence-corrected chi connectivity index (χ4v) is 2.80. The van der Waals surface area contributed by atoms with Gasteiger partial charge in [0.1, 0.15) is 11.5 Å². The number of ether oxygens (including phenoxy) is 3. The van der Waals surface area contributed by atoms with Gasteiger partial charge in [-0.15, -0.1) is 0 Å². The molecule has 0 aromatic heterocycles. The van der Waals surface area contributed by atoms with Crippen LogP contribution in [0, 0.1) is 0 Å². The summed E-state index contributed by atoms with van der Waals surface area (Å²) in [5.74, 6) is 1.31. The van der Waals surface area contributed by atoms with Crippen molar-refractivity contribution in [2.24, 2.45) is 0 Å². The molecule has 25 heavy (non-hydrogen) atoms. The number of carbonyl (C=O) groups is 1. The van der Waals surface area contributed by atoms with Crippen molar-refractivity contribution in [1.82, 2.24) is 5.32 Å². The van der Waals surface area contributed by atoms with Gasteiger partial charge in [0.15, 0.2) is 12.4 Å². The van der Waals surface area contributed by atoms with Crippen molar-refractivity contribution in [3.63, 3.8) is 0 Å². The first-order valence-corrected chi connectivity index (χ1v) is 8.30. The fraction of sp³-hybridized carbons (Fsp3) is 0.278. The van der Waals surface area contributed by atoms with E-state index < -0.39 is 0 Å². The number of para-hydroxylation sites is 1. The molecule has 1 amide bonds. The number of halogens is 2. The normalized spacial score (nSPS) is 11.6. The first kappa shape index (κ1) is 19.2.